The molecule has 0 atom stereocenters. The van der Waals surface area contributed by atoms with Gasteiger partial charge in [0, 0.05) is 23.0 Å². The molecule has 1 aromatic heterocycles. The summed E-state index contributed by atoms with van der Waals surface area (Å²) in [6.45, 7) is 2.25. The van der Waals surface area contributed by atoms with E-state index in [-0.39, 0.29) is 18.0 Å². The molecule has 0 spiro atoms. The molecular formula is C13H15ClN2O2S2. The van der Waals surface area contributed by atoms with Gasteiger partial charge < -0.3 is 5.73 Å². The second kappa shape index (κ2) is 6.24. The maximum atomic E-state index is 12.4. The van der Waals surface area contributed by atoms with E-state index in [2.05, 4.69) is 4.72 Å². The van der Waals surface area contributed by atoms with Crippen molar-refractivity contribution in [2.75, 3.05) is 0 Å². The summed E-state index contributed by atoms with van der Waals surface area (Å²) in [4.78, 5) is 1.13. The van der Waals surface area contributed by atoms with Gasteiger partial charge >= 0.3 is 0 Å². The van der Waals surface area contributed by atoms with Crippen LogP contribution >= 0.6 is 22.9 Å². The second-order valence-corrected chi connectivity index (χ2v) is 7.50. The first-order valence-corrected chi connectivity index (χ1v) is 8.69. The van der Waals surface area contributed by atoms with Crippen LogP contribution in [0, 0.1) is 6.92 Å². The van der Waals surface area contributed by atoms with Crippen molar-refractivity contribution < 1.29 is 8.42 Å². The van der Waals surface area contributed by atoms with Crippen molar-refractivity contribution in [2.24, 2.45) is 5.73 Å². The first kappa shape index (κ1) is 15.5. The van der Waals surface area contributed by atoms with E-state index in [1.807, 2.05) is 17.5 Å². The first-order valence-electron chi connectivity index (χ1n) is 5.95. The van der Waals surface area contributed by atoms with Gasteiger partial charge in [-0.1, -0.05) is 17.7 Å². The Morgan fingerprint density at radius 3 is 2.75 bits per heavy atom. The summed E-state index contributed by atoms with van der Waals surface area (Å²) in [6.07, 6.45) is 0. The lowest BCUT2D eigenvalue weighted by atomic mass is 10.1. The minimum absolute atomic E-state index is 0.182. The largest absolute Gasteiger partial charge is 0.326 e. The van der Waals surface area contributed by atoms with Gasteiger partial charge in [-0.3, -0.25) is 0 Å². The summed E-state index contributed by atoms with van der Waals surface area (Å²) in [5.41, 5.74) is 6.98. The molecule has 108 valence electrons. The van der Waals surface area contributed by atoms with E-state index in [9.17, 15) is 8.42 Å². The Labute approximate surface area is 127 Å². The predicted octanol–water partition coefficient (Wildman–Crippen LogP) is 2.65. The summed E-state index contributed by atoms with van der Waals surface area (Å²) >= 11 is 7.46. The zero-order chi connectivity index (χ0) is 14.8. The molecule has 0 radical (unpaired) electrons. The van der Waals surface area contributed by atoms with E-state index < -0.39 is 10.0 Å². The lowest BCUT2D eigenvalue weighted by Crippen LogP contribution is -2.24. The highest BCUT2D eigenvalue weighted by atomic mass is 35.5. The van der Waals surface area contributed by atoms with Crippen LogP contribution in [-0.2, 0) is 23.1 Å². The van der Waals surface area contributed by atoms with Gasteiger partial charge in [-0.05, 0) is 41.6 Å². The lowest BCUT2D eigenvalue weighted by molar-refractivity contribution is 0.581. The summed E-state index contributed by atoms with van der Waals surface area (Å²) in [7, 11) is -3.61. The molecule has 0 unspecified atom stereocenters. The van der Waals surface area contributed by atoms with Gasteiger partial charge in [0.1, 0.15) is 0 Å². The van der Waals surface area contributed by atoms with Crippen molar-refractivity contribution in [2.45, 2.75) is 24.9 Å². The molecule has 2 aromatic rings. The van der Waals surface area contributed by atoms with E-state index in [4.69, 9.17) is 17.3 Å². The van der Waals surface area contributed by atoms with Crippen LogP contribution in [0.4, 0.5) is 0 Å². The van der Waals surface area contributed by atoms with Gasteiger partial charge in [0.25, 0.3) is 0 Å². The number of halogens is 1. The molecule has 7 heteroatoms. The maximum Gasteiger partial charge on any atom is 0.241 e. The van der Waals surface area contributed by atoms with Crippen LogP contribution in [0.25, 0.3) is 0 Å². The normalized spacial score (nSPS) is 11.8. The van der Waals surface area contributed by atoms with E-state index >= 15 is 0 Å². The molecule has 0 saturated carbocycles. The zero-order valence-corrected chi connectivity index (χ0v) is 13.3. The minimum atomic E-state index is -3.61. The lowest BCUT2D eigenvalue weighted by Gasteiger charge is -2.12. The molecule has 4 nitrogen and oxygen atoms in total. The van der Waals surface area contributed by atoms with E-state index in [1.54, 1.807) is 13.0 Å². The monoisotopic (exact) mass is 330 g/mol. The highest BCUT2D eigenvalue weighted by Gasteiger charge is 2.19. The first-order chi connectivity index (χ1) is 9.44. The number of sulfonamides is 1. The highest BCUT2D eigenvalue weighted by Crippen LogP contribution is 2.24. The third kappa shape index (κ3) is 3.39. The van der Waals surface area contributed by atoms with Crippen LogP contribution in [0.15, 0.2) is 34.5 Å². The summed E-state index contributed by atoms with van der Waals surface area (Å²) in [5, 5.41) is 2.27. The molecule has 20 heavy (non-hydrogen) atoms. The van der Waals surface area contributed by atoms with Crippen LogP contribution < -0.4 is 10.5 Å². The van der Waals surface area contributed by atoms with E-state index in [1.165, 1.54) is 17.4 Å². The molecule has 0 amide bonds. The van der Waals surface area contributed by atoms with Crippen LogP contribution in [0.2, 0.25) is 5.02 Å². The van der Waals surface area contributed by atoms with Crippen molar-refractivity contribution in [3.63, 3.8) is 0 Å². The van der Waals surface area contributed by atoms with Gasteiger partial charge in [0.2, 0.25) is 10.0 Å². The van der Waals surface area contributed by atoms with Crippen molar-refractivity contribution >= 4 is 33.0 Å². The molecule has 0 bridgehead atoms. The van der Waals surface area contributed by atoms with Gasteiger partial charge in [-0.2, -0.15) is 0 Å². The molecule has 0 aliphatic rings. The molecular weight excluding hydrogens is 316 g/mol. The summed E-state index contributed by atoms with van der Waals surface area (Å²) in [6, 6.07) is 6.90. The summed E-state index contributed by atoms with van der Waals surface area (Å²) < 4.78 is 27.3. The molecule has 1 heterocycles. The molecule has 1 aromatic carbocycles. The average molecular weight is 331 g/mol. The number of thiophene rings is 1. The smallest absolute Gasteiger partial charge is 0.241 e. The Bertz CT molecular complexity index is 697. The third-order valence-electron chi connectivity index (χ3n) is 2.96. The van der Waals surface area contributed by atoms with Crippen LogP contribution in [0.1, 0.15) is 16.0 Å². The van der Waals surface area contributed by atoms with Gasteiger partial charge in [0.15, 0.2) is 0 Å². The zero-order valence-electron chi connectivity index (χ0n) is 10.9. The number of nitrogens with one attached hydrogen (secondary N) is 1. The third-order valence-corrected chi connectivity index (χ3v) is 5.58. The molecule has 0 aliphatic heterocycles. The number of hydrogen-bond acceptors (Lipinski definition) is 4. The van der Waals surface area contributed by atoms with Crippen LogP contribution in [0.3, 0.4) is 0 Å². The number of rotatable bonds is 5. The molecule has 0 aliphatic carbocycles. The van der Waals surface area contributed by atoms with Crippen LogP contribution in [-0.4, -0.2) is 8.42 Å². The Kier molecular flexibility index (Phi) is 4.82. The fourth-order valence-electron chi connectivity index (χ4n) is 1.86. The van der Waals surface area contributed by atoms with Crippen molar-refractivity contribution in [1.82, 2.24) is 4.72 Å². The highest BCUT2D eigenvalue weighted by molar-refractivity contribution is 7.89. The van der Waals surface area contributed by atoms with Gasteiger partial charge in [-0.25, -0.2) is 13.1 Å². The Balaban J connectivity index is 2.31. The van der Waals surface area contributed by atoms with Crippen molar-refractivity contribution in [1.29, 1.82) is 0 Å². The number of nitrogens with two attached hydrogens (primary N) is 1. The molecule has 0 fully saturated rings. The fraction of sp³-hybridized carbons (Fsp3) is 0.231. The fourth-order valence-corrected chi connectivity index (χ4v) is 4.22. The number of hydrogen-bond donors (Lipinski definition) is 2. The molecule has 3 N–H and O–H groups in total. The maximum absolute atomic E-state index is 12.4. The van der Waals surface area contributed by atoms with Gasteiger partial charge in [0.05, 0.1) is 4.90 Å². The van der Waals surface area contributed by atoms with Crippen molar-refractivity contribution in [3.8, 4) is 0 Å². The molecule has 0 saturated heterocycles. The topological polar surface area (TPSA) is 72.2 Å². The number of benzene rings is 1. The predicted molar refractivity (Wildman–Crippen MR) is 82.4 cm³/mol. The van der Waals surface area contributed by atoms with Crippen LogP contribution in [0.5, 0.6) is 0 Å². The standard InChI is InChI=1S/C13H15ClN2O2S2/c1-9-10(7-15)5-11(14)6-13(9)20(17,18)16-8-12-3-2-4-19-12/h2-6,16H,7-8,15H2,1H3. The Morgan fingerprint density at radius 1 is 1.40 bits per heavy atom. The molecule has 2 rings (SSSR count). The quantitative estimate of drug-likeness (QED) is 0.885. The SMILES string of the molecule is Cc1c(CN)cc(Cl)cc1S(=O)(=O)NCc1cccs1. The Hall–Kier alpha value is -0.920. The van der Waals surface area contributed by atoms with E-state index in [0.29, 0.717) is 10.6 Å². The van der Waals surface area contributed by atoms with Gasteiger partial charge in [-0.15, -0.1) is 11.3 Å². The minimum Gasteiger partial charge on any atom is -0.326 e. The van der Waals surface area contributed by atoms with Crippen molar-refractivity contribution in [3.05, 3.63) is 50.7 Å². The second-order valence-electron chi connectivity index (χ2n) is 4.30. The van der Waals surface area contributed by atoms with E-state index in [0.717, 1.165) is 10.4 Å². The summed E-state index contributed by atoms with van der Waals surface area (Å²) in [5.74, 6) is 0. The average Bonchev–Trinajstić information content (AvgIpc) is 2.92. The Morgan fingerprint density at radius 2 is 2.15 bits per heavy atom.